The number of hydrogen-bond donors (Lipinski definition) is 2. The Morgan fingerprint density at radius 2 is 1.82 bits per heavy atom. The molecule has 1 saturated heterocycles. The van der Waals surface area contributed by atoms with Gasteiger partial charge in [0.05, 0.1) is 24.9 Å². The molecule has 4 rings (SSSR count). The molecule has 33 heavy (non-hydrogen) atoms. The molecule has 1 aliphatic heterocycles. The highest BCUT2D eigenvalue weighted by Gasteiger charge is 2.26. The van der Waals surface area contributed by atoms with Crippen LogP contribution in [0.25, 0.3) is 0 Å². The molecule has 0 radical (unpaired) electrons. The van der Waals surface area contributed by atoms with E-state index in [4.69, 9.17) is 9.15 Å². The largest absolute Gasteiger partial charge is 0.469 e. The molecule has 172 valence electrons. The maximum atomic E-state index is 12.5. The van der Waals surface area contributed by atoms with Crippen molar-refractivity contribution in [3.63, 3.8) is 0 Å². The summed E-state index contributed by atoms with van der Waals surface area (Å²) in [7, 11) is 1.42. The normalized spacial score (nSPS) is 14.1. The molecule has 10 nitrogen and oxygen atoms in total. The molecule has 0 bridgehead atoms. The highest BCUT2D eigenvalue weighted by molar-refractivity contribution is 6.00. The minimum absolute atomic E-state index is 0.0608. The fraction of sp³-hybridized carbons (Fsp3) is 0.348. The van der Waals surface area contributed by atoms with Gasteiger partial charge in [0.25, 0.3) is 0 Å². The number of benzene rings is 1. The van der Waals surface area contributed by atoms with Crippen LogP contribution < -0.4 is 15.5 Å². The van der Waals surface area contributed by atoms with E-state index in [0.717, 1.165) is 43.9 Å². The number of hydrogen-bond acceptors (Lipinski definition) is 9. The summed E-state index contributed by atoms with van der Waals surface area (Å²) < 4.78 is 10.2. The second-order valence-electron chi connectivity index (χ2n) is 7.73. The zero-order valence-electron chi connectivity index (χ0n) is 18.6. The van der Waals surface area contributed by atoms with Crippen molar-refractivity contribution in [2.24, 2.45) is 5.92 Å². The molecule has 1 aliphatic rings. The Balaban J connectivity index is 1.31. The Morgan fingerprint density at radius 1 is 1.09 bits per heavy atom. The molecular weight excluding hydrogens is 424 g/mol. The van der Waals surface area contributed by atoms with Gasteiger partial charge in [0, 0.05) is 18.8 Å². The first kappa shape index (κ1) is 22.3. The Labute approximate surface area is 191 Å². The van der Waals surface area contributed by atoms with Gasteiger partial charge in [0.1, 0.15) is 5.82 Å². The summed E-state index contributed by atoms with van der Waals surface area (Å²) in [6, 6.07) is 11.6. The molecule has 0 saturated carbocycles. The highest BCUT2D eigenvalue weighted by Crippen LogP contribution is 2.24. The standard InChI is InChI=1S/C23H26N6O4/c1-3-15-4-6-17(7-5-15)26-23-28-27-21(33-23)20(30)25-18-8-9-19(24-14-18)29-12-10-16(11-13-29)22(31)32-2/h4-9,14,16H,3,10-13H2,1-2H3,(H,25,30)(H,26,28). The lowest BCUT2D eigenvalue weighted by molar-refractivity contribution is -0.146. The number of amides is 1. The van der Waals surface area contributed by atoms with Crippen LogP contribution in [0.4, 0.5) is 23.2 Å². The van der Waals surface area contributed by atoms with Gasteiger partial charge in [-0.2, -0.15) is 0 Å². The molecule has 2 aromatic heterocycles. The van der Waals surface area contributed by atoms with Crippen molar-refractivity contribution in [2.45, 2.75) is 26.2 Å². The number of piperidine rings is 1. The van der Waals surface area contributed by atoms with Gasteiger partial charge in [-0.05, 0) is 49.1 Å². The van der Waals surface area contributed by atoms with E-state index in [0.29, 0.717) is 5.69 Å². The monoisotopic (exact) mass is 450 g/mol. The summed E-state index contributed by atoms with van der Waals surface area (Å²) in [6.45, 7) is 3.53. The quantitative estimate of drug-likeness (QED) is 0.521. The van der Waals surface area contributed by atoms with Crippen LogP contribution in [-0.4, -0.2) is 47.3 Å². The topological polar surface area (TPSA) is 122 Å². The van der Waals surface area contributed by atoms with Gasteiger partial charge in [0.2, 0.25) is 0 Å². The number of methoxy groups -OCH3 is 1. The first-order valence-electron chi connectivity index (χ1n) is 10.9. The van der Waals surface area contributed by atoms with Gasteiger partial charge in [-0.25, -0.2) is 4.98 Å². The van der Waals surface area contributed by atoms with E-state index < -0.39 is 5.91 Å². The van der Waals surface area contributed by atoms with E-state index >= 15 is 0 Å². The number of pyridine rings is 1. The molecule has 0 spiro atoms. The average molecular weight is 450 g/mol. The van der Waals surface area contributed by atoms with Crippen molar-refractivity contribution >= 4 is 35.1 Å². The summed E-state index contributed by atoms with van der Waals surface area (Å²) >= 11 is 0. The van der Waals surface area contributed by atoms with E-state index in [1.54, 1.807) is 12.3 Å². The van der Waals surface area contributed by atoms with E-state index in [-0.39, 0.29) is 23.8 Å². The van der Waals surface area contributed by atoms with Gasteiger partial charge in [-0.3, -0.25) is 9.59 Å². The molecule has 1 amide bonds. The Morgan fingerprint density at radius 3 is 2.45 bits per heavy atom. The van der Waals surface area contributed by atoms with Crippen molar-refractivity contribution in [3.05, 3.63) is 54.0 Å². The summed E-state index contributed by atoms with van der Waals surface area (Å²) in [4.78, 5) is 30.7. The number of aryl methyl sites for hydroxylation is 1. The van der Waals surface area contributed by atoms with E-state index in [2.05, 4.69) is 37.6 Å². The summed E-state index contributed by atoms with van der Waals surface area (Å²) in [5.74, 6) is -0.111. The first-order chi connectivity index (χ1) is 16.1. The molecular formula is C23H26N6O4. The predicted octanol–water partition coefficient (Wildman–Crippen LogP) is 3.41. The molecule has 0 atom stereocenters. The van der Waals surface area contributed by atoms with E-state index in [1.165, 1.54) is 12.7 Å². The number of anilines is 4. The second kappa shape index (κ2) is 10.1. The fourth-order valence-electron chi connectivity index (χ4n) is 3.66. The number of carbonyl (C=O) groups is 2. The third-order valence-electron chi connectivity index (χ3n) is 5.59. The molecule has 10 heteroatoms. The molecule has 0 unspecified atom stereocenters. The van der Waals surface area contributed by atoms with Crippen LogP contribution >= 0.6 is 0 Å². The lowest BCUT2D eigenvalue weighted by Gasteiger charge is -2.31. The number of esters is 1. The smallest absolute Gasteiger partial charge is 0.320 e. The van der Waals surface area contributed by atoms with Crippen LogP contribution in [0.2, 0.25) is 0 Å². The van der Waals surface area contributed by atoms with Gasteiger partial charge >= 0.3 is 23.8 Å². The second-order valence-corrected chi connectivity index (χ2v) is 7.73. The van der Waals surface area contributed by atoms with E-state index in [1.807, 2.05) is 30.3 Å². The van der Waals surface area contributed by atoms with Crippen LogP contribution in [0.3, 0.4) is 0 Å². The summed E-state index contributed by atoms with van der Waals surface area (Å²) in [5.41, 5.74) is 2.52. The number of carbonyl (C=O) groups excluding carboxylic acids is 2. The molecule has 2 N–H and O–H groups in total. The van der Waals surface area contributed by atoms with Crippen LogP contribution in [0.1, 0.15) is 36.0 Å². The Kier molecular flexibility index (Phi) is 6.82. The minimum atomic E-state index is -0.523. The van der Waals surface area contributed by atoms with Crippen molar-refractivity contribution in [1.29, 1.82) is 0 Å². The van der Waals surface area contributed by atoms with Crippen LogP contribution in [-0.2, 0) is 16.0 Å². The lowest BCUT2D eigenvalue weighted by atomic mass is 9.97. The average Bonchev–Trinajstić information content (AvgIpc) is 3.33. The summed E-state index contributed by atoms with van der Waals surface area (Å²) in [5, 5.41) is 13.4. The number of rotatable bonds is 7. The number of nitrogens with one attached hydrogen (secondary N) is 2. The first-order valence-corrected chi connectivity index (χ1v) is 10.9. The SMILES string of the molecule is CCc1ccc(Nc2nnc(C(=O)Nc3ccc(N4CCC(C(=O)OC)CC4)nc3)o2)cc1. The van der Waals surface area contributed by atoms with Crippen LogP contribution in [0, 0.1) is 5.92 Å². The maximum Gasteiger partial charge on any atom is 0.320 e. The number of nitrogens with zero attached hydrogens (tertiary/aromatic N) is 4. The zero-order valence-corrected chi connectivity index (χ0v) is 18.6. The molecule has 1 fully saturated rings. The summed E-state index contributed by atoms with van der Waals surface area (Å²) in [6.07, 6.45) is 3.98. The minimum Gasteiger partial charge on any atom is -0.469 e. The zero-order chi connectivity index (χ0) is 23.2. The molecule has 3 aromatic rings. The Hall–Kier alpha value is -3.95. The van der Waals surface area contributed by atoms with E-state index in [9.17, 15) is 9.59 Å². The highest BCUT2D eigenvalue weighted by atomic mass is 16.5. The van der Waals surface area contributed by atoms with Crippen molar-refractivity contribution in [1.82, 2.24) is 15.2 Å². The predicted molar refractivity (Wildman–Crippen MR) is 123 cm³/mol. The third-order valence-corrected chi connectivity index (χ3v) is 5.59. The van der Waals surface area contributed by atoms with Gasteiger partial charge in [-0.15, -0.1) is 5.10 Å². The third kappa shape index (κ3) is 5.46. The van der Waals surface area contributed by atoms with Crippen molar-refractivity contribution in [3.8, 4) is 0 Å². The van der Waals surface area contributed by atoms with Crippen molar-refractivity contribution < 1.29 is 18.7 Å². The van der Waals surface area contributed by atoms with Crippen LogP contribution in [0.5, 0.6) is 0 Å². The van der Waals surface area contributed by atoms with Crippen molar-refractivity contribution in [2.75, 3.05) is 35.7 Å². The van der Waals surface area contributed by atoms with Gasteiger partial charge in [0.15, 0.2) is 0 Å². The fourth-order valence-corrected chi connectivity index (χ4v) is 3.66. The van der Waals surface area contributed by atoms with Gasteiger partial charge in [-0.1, -0.05) is 24.2 Å². The Bertz CT molecular complexity index is 1090. The number of ether oxygens (including phenoxy) is 1. The molecule has 1 aromatic carbocycles. The maximum absolute atomic E-state index is 12.5. The van der Waals surface area contributed by atoms with Crippen LogP contribution in [0.15, 0.2) is 47.0 Å². The molecule has 0 aliphatic carbocycles. The lowest BCUT2D eigenvalue weighted by Crippen LogP contribution is -2.37. The van der Waals surface area contributed by atoms with Gasteiger partial charge < -0.3 is 24.7 Å². The molecule has 3 heterocycles. The number of aromatic nitrogens is 3.